The van der Waals surface area contributed by atoms with Gasteiger partial charge in [0.1, 0.15) is 11.2 Å². The minimum absolute atomic E-state index is 0.606. The van der Waals surface area contributed by atoms with Gasteiger partial charge in [0.25, 0.3) is 0 Å². The number of hydrogen-bond acceptors (Lipinski definition) is 4. The fourth-order valence-corrected chi connectivity index (χ4v) is 9.30. The summed E-state index contributed by atoms with van der Waals surface area (Å²) in [6.45, 7) is 0. The van der Waals surface area contributed by atoms with Crippen molar-refractivity contribution in [3.05, 3.63) is 237 Å². The third-order valence-electron chi connectivity index (χ3n) is 12.4. The summed E-state index contributed by atoms with van der Waals surface area (Å²) in [7, 11) is 0. The molecule has 0 amide bonds. The van der Waals surface area contributed by atoms with Crippen molar-refractivity contribution in [2.75, 3.05) is 0 Å². The van der Waals surface area contributed by atoms with Crippen molar-refractivity contribution in [3.8, 4) is 89.8 Å². The number of nitrogens with zero attached hydrogens (tertiary/aromatic N) is 3. The molecule has 0 bridgehead atoms. The van der Waals surface area contributed by atoms with Crippen LogP contribution in [-0.2, 0) is 0 Å². The Morgan fingerprint density at radius 3 is 1.20 bits per heavy atom. The highest BCUT2D eigenvalue weighted by Gasteiger charge is 2.19. The molecule has 2 aromatic heterocycles. The molecule has 0 spiro atoms. The Labute approximate surface area is 376 Å². The molecule has 0 radical (unpaired) electrons. The highest BCUT2D eigenvalue weighted by Crippen LogP contribution is 2.41. The van der Waals surface area contributed by atoms with Crippen LogP contribution in [0.15, 0.2) is 241 Å². The first-order valence-corrected chi connectivity index (χ1v) is 21.9. The Balaban J connectivity index is 0.979. The minimum Gasteiger partial charge on any atom is -0.455 e. The normalized spacial score (nSPS) is 11.4. The number of hydrogen-bond donors (Lipinski definition) is 0. The first-order chi connectivity index (χ1) is 32.2. The number of aromatic nitrogens is 3. The third-order valence-corrected chi connectivity index (χ3v) is 12.4. The van der Waals surface area contributed by atoms with E-state index in [1.807, 2.05) is 24.3 Å². The highest BCUT2D eigenvalue weighted by molar-refractivity contribution is 6.10. The van der Waals surface area contributed by atoms with E-state index in [9.17, 15) is 0 Å². The van der Waals surface area contributed by atoms with Crippen molar-refractivity contribution in [1.29, 1.82) is 0 Å². The molecule has 65 heavy (non-hydrogen) atoms. The second-order valence-corrected chi connectivity index (χ2v) is 16.3. The van der Waals surface area contributed by atoms with E-state index in [4.69, 9.17) is 19.4 Å². The number of furan rings is 1. The SMILES string of the molecule is c1ccc(-c2ccccc2-c2nc(-c3cccc(-c4ccc(-c5cccc(-c6cccc7c6oc6ccccc67)c5)c5ccccc45)c3)nc(-c3ccccc3-c3ccccc3)n2)cc1. The fourth-order valence-electron chi connectivity index (χ4n) is 9.30. The van der Waals surface area contributed by atoms with Gasteiger partial charge < -0.3 is 4.42 Å². The lowest BCUT2D eigenvalue weighted by Crippen LogP contribution is -2.02. The summed E-state index contributed by atoms with van der Waals surface area (Å²) >= 11 is 0. The van der Waals surface area contributed by atoms with Gasteiger partial charge in [-0.05, 0) is 79.0 Å². The first-order valence-electron chi connectivity index (χ1n) is 21.9. The van der Waals surface area contributed by atoms with Gasteiger partial charge in [0.15, 0.2) is 17.5 Å². The molecule has 0 saturated heterocycles. The number of para-hydroxylation sites is 2. The first kappa shape index (κ1) is 38.0. The van der Waals surface area contributed by atoms with Crippen LogP contribution in [0.1, 0.15) is 0 Å². The molecule has 0 saturated carbocycles. The maximum Gasteiger partial charge on any atom is 0.164 e. The molecular weight excluding hydrogens is 791 g/mol. The maximum absolute atomic E-state index is 6.45. The van der Waals surface area contributed by atoms with Crippen LogP contribution in [0.3, 0.4) is 0 Å². The maximum atomic E-state index is 6.45. The zero-order valence-electron chi connectivity index (χ0n) is 35.3. The van der Waals surface area contributed by atoms with Crippen molar-refractivity contribution in [2.24, 2.45) is 0 Å². The van der Waals surface area contributed by atoms with Crippen molar-refractivity contribution in [3.63, 3.8) is 0 Å². The van der Waals surface area contributed by atoms with Gasteiger partial charge in [0.05, 0.1) is 0 Å². The van der Waals surface area contributed by atoms with Gasteiger partial charge in [-0.1, -0.05) is 218 Å². The zero-order chi connectivity index (χ0) is 43.1. The van der Waals surface area contributed by atoms with Gasteiger partial charge in [0, 0.05) is 33.0 Å². The summed E-state index contributed by atoms with van der Waals surface area (Å²) in [4.78, 5) is 15.8. The van der Waals surface area contributed by atoms with Crippen molar-refractivity contribution < 1.29 is 4.42 Å². The molecule has 304 valence electrons. The van der Waals surface area contributed by atoms with E-state index in [1.165, 1.54) is 10.9 Å². The second kappa shape index (κ2) is 16.2. The van der Waals surface area contributed by atoms with Crippen LogP contribution in [-0.4, -0.2) is 15.0 Å². The minimum atomic E-state index is 0.606. The Morgan fingerprint density at radius 1 is 0.231 bits per heavy atom. The van der Waals surface area contributed by atoms with Gasteiger partial charge >= 0.3 is 0 Å². The van der Waals surface area contributed by atoms with Crippen LogP contribution in [0.4, 0.5) is 0 Å². The lowest BCUT2D eigenvalue weighted by atomic mass is 9.90. The molecule has 2 heterocycles. The molecule has 0 aliphatic heterocycles. The molecule has 0 aliphatic carbocycles. The predicted molar refractivity (Wildman–Crippen MR) is 268 cm³/mol. The molecule has 0 atom stereocenters. The quantitative estimate of drug-likeness (QED) is 0.153. The van der Waals surface area contributed by atoms with E-state index in [0.717, 1.165) is 94.1 Å². The highest BCUT2D eigenvalue weighted by atomic mass is 16.3. The number of rotatable bonds is 8. The number of fused-ring (bicyclic) bond motifs is 4. The standard InChI is InChI=1S/C61H39N3O/c1-3-18-40(19-4-1)46-26-7-11-31-55(46)60-62-59(63-61(64-60)56-32-12-8-27-47(56)41-20-5-2-6-21-41)45-25-16-23-43(39-45)49-37-36-48(51-28-9-10-29-52(49)51)42-22-15-24-44(38-42)50-33-17-34-54-53-30-13-14-35-57(53)65-58(50)54/h1-39H. The molecule has 4 heteroatoms. The van der Waals surface area contributed by atoms with E-state index >= 15 is 0 Å². The molecule has 12 aromatic rings. The van der Waals surface area contributed by atoms with Crippen molar-refractivity contribution in [2.45, 2.75) is 0 Å². The Kier molecular flexibility index (Phi) is 9.46. The molecule has 0 fully saturated rings. The average molecular weight is 830 g/mol. The molecular formula is C61H39N3O. The zero-order valence-corrected chi connectivity index (χ0v) is 35.3. The molecule has 12 rings (SSSR count). The van der Waals surface area contributed by atoms with Crippen LogP contribution in [0.5, 0.6) is 0 Å². The van der Waals surface area contributed by atoms with E-state index in [1.54, 1.807) is 0 Å². The summed E-state index contributed by atoms with van der Waals surface area (Å²) in [5.74, 6) is 1.84. The third kappa shape index (κ3) is 6.95. The van der Waals surface area contributed by atoms with Gasteiger partial charge in [-0.2, -0.15) is 0 Å². The van der Waals surface area contributed by atoms with Crippen LogP contribution in [0, 0.1) is 0 Å². The fraction of sp³-hybridized carbons (Fsp3) is 0. The monoisotopic (exact) mass is 829 g/mol. The molecule has 0 N–H and O–H groups in total. The van der Waals surface area contributed by atoms with E-state index < -0.39 is 0 Å². The largest absolute Gasteiger partial charge is 0.455 e. The van der Waals surface area contributed by atoms with Crippen molar-refractivity contribution >= 4 is 32.7 Å². The summed E-state index contributed by atoms with van der Waals surface area (Å²) in [6, 6.07) is 82.9. The van der Waals surface area contributed by atoms with Gasteiger partial charge in [-0.25, -0.2) is 15.0 Å². The lowest BCUT2D eigenvalue weighted by molar-refractivity contribution is 0.670. The van der Waals surface area contributed by atoms with Gasteiger partial charge in [0.2, 0.25) is 0 Å². The van der Waals surface area contributed by atoms with E-state index in [0.29, 0.717) is 17.5 Å². The Hall–Kier alpha value is -8.73. The predicted octanol–water partition coefficient (Wildman–Crippen LogP) is 16.3. The van der Waals surface area contributed by atoms with E-state index in [-0.39, 0.29) is 0 Å². The topological polar surface area (TPSA) is 51.8 Å². The van der Waals surface area contributed by atoms with Gasteiger partial charge in [-0.3, -0.25) is 0 Å². The van der Waals surface area contributed by atoms with Crippen LogP contribution < -0.4 is 0 Å². The molecule has 4 nitrogen and oxygen atoms in total. The van der Waals surface area contributed by atoms with Crippen LogP contribution >= 0.6 is 0 Å². The second-order valence-electron chi connectivity index (χ2n) is 16.3. The van der Waals surface area contributed by atoms with Gasteiger partial charge in [-0.15, -0.1) is 0 Å². The van der Waals surface area contributed by atoms with E-state index in [2.05, 4.69) is 212 Å². The van der Waals surface area contributed by atoms with Crippen molar-refractivity contribution in [1.82, 2.24) is 15.0 Å². The summed E-state index contributed by atoms with van der Waals surface area (Å²) in [5, 5.41) is 4.59. The summed E-state index contributed by atoms with van der Waals surface area (Å²) in [5.41, 5.74) is 15.6. The molecule has 0 unspecified atom stereocenters. The van der Waals surface area contributed by atoms with Crippen LogP contribution in [0.2, 0.25) is 0 Å². The summed E-state index contributed by atoms with van der Waals surface area (Å²) < 4.78 is 6.45. The Morgan fingerprint density at radius 2 is 0.615 bits per heavy atom. The lowest BCUT2D eigenvalue weighted by Gasteiger charge is -2.15. The average Bonchev–Trinajstić information content (AvgIpc) is 3.78. The smallest absolute Gasteiger partial charge is 0.164 e. The molecule has 0 aliphatic rings. The Bertz CT molecular complexity index is 3620. The number of benzene rings is 10. The molecule has 10 aromatic carbocycles. The summed E-state index contributed by atoms with van der Waals surface area (Å²) in [6.07, 6.45) is 0. The van der Waals surface area contributed by atoms with Crippen LogP contribution in [0.25, 0.3) is 123 Å².